The molecule has 0 bridgehead atoms. The average molecular weight is 459 g/mol. The quantitative estimate of drug-likeness (QED) is 0.273. The molecule has 1 aromatic heterocycles. The van der Waals surface area contributed by atoms with Gasteiger partial charge in [0.15, 0.2) is 0 Å². The van der Waals surface area contributed by atoms with E-state index in [1.807, 2.05) is 0 Å². The molecule has 0 radical (unpaired) electrons. The number of nitrogens with one attached hydrogen (secondary N) is 2. The first-order valence-corrected chi connectivity index (χ1v) is 8.49. The highest BCUT2D eigenvalue weighted by molar-refractivity contribution is 5.77. The molecule has 0 saturated carbocycles. The molecule has 2 aromatic carbocycles. The largest absolute Gasteiger partial charge is 0.573 e. The Labute approximate surface area is 175 Å². The first kappa shape index (κ1) is 22.6. The summed E-state index contributed by atoms with van der Waals surface area (Å²) >= 11 is 0. The zero-order valence-electron chi connectivity index (χ0n) is 15.5. The zero-order chi connectivity index (χ0) is 23.5. The molecule has 2 N–H and O–H groups in total. The van der Waals surface area contributed by atoms with Crippen molar-refractivity contribution in [2.24, 2.45) is 0 Å². The Bertz CT molecular complexity index is 1120. The van der Waals surface area contributed by atoms with Crippen LogP contribution in [0.4, 0.5) is 55.0 Å². The van der Waals surface area contributed by atoms with Gasteiger partial charge < -0.3 is 15.4 Å². The fraction of sp³-hybridized carbons (Fsp3) is 0.111. The van der Waals surface area contributed by atoms with Gasteiger partial charge in [-0.1, -0.05) is 12.1 Å². The second kappa shape index (κ2) is 8.56. The van der Waals surface area contributed by atoms with Gasteiger partial charge >= 0.3 is 18.2 Å². The molecule has 0 atom stereocenters. The Kier molecular flexibility index (Phi) is 6.04. The standard InChI is InChI=1S/C18H11F6N5O3/c19-17(20,21)12-3-1-2-4-13(12)28-16-14(29(30)31)15(25-9-26-16)27-10-5-7-11(8-6-10)32-18(22,23)24/h1-9H,(H2,25,26,27,28). The first-order valence-electron chi connectivity index (χ1n) is 8.49. The van der Waals surface area contributed by atoms with E-state index in [0.29, 0.717) is 0 Å². The highest BCUT2D eigenvalue weighted by Gasteiger charge is 2.34. The summed E-state index contributed by atoms with van der Waals surface area (Å²) < 4.78 is 80.1. The maximum atomic E-state index is 13.2. The minimum Gasteiger partial charge on any atom is -0.406 e. The molecule has 32 heavy (non-hydrogen) atoms. The first-order chi connectivity index (χ1) is 14.9. The Morgan fingerprint density at radius 2 is 1.47 bits per heavy atom. The number of para-hydroxylation sites is 1. The zero-order valence-corrected chi connectivity index (χ0v) is 15.5. The molecule has 0 aliphatic carbocycles. The predicted molar refractivity (Wildman–Crippen MR) is 99.8 cm³/mol. The van der Waals surface area contributed by atoms with Crippen molar-refractivity contribution in [3.05, 3.63) is 70.5 Å². The van der Waals surface area contributed by atoms with Crippen molar-refractivity contribution in [1.29, 1.82) is 0 Å². The van der Waals surface area contributed by atoms with Crippen LogP contribution in [0.1, 0.15) is 5.56 Å². The summed E-state index contributed by atoms with van der Waals surface area (Å²) in [6.07, 6.45) is -8.75. The topological polar surface area (TPSA) is 102 Å². The lowest BCUT2D eigenvalue weighted by Crippen LogP contribution is -2.17. The maximum Gasteiger partial charge on any atom is 0.573 e. The van der Waals surface area contributed by atoms with Crippen LogP contribution in [0.15, 0.2) is 54.9 Å². The van der Waals surface area contributed by atoms with Crippen molar-refractivity contribution in [2.45, 2.75) is 12.5 Å². The summed E-state index contributed by atoms with van der Waals surface area (Å²) in [4.78, 5) is 18.1. The Hall–Kier alpha value is -4.10. The highest BCUT2D eigenvalue weighted by Crippen LogP contribution is 2.38. The van der Waals surface area contributed by atoms with Crippen molar-refractivity contribution in [3.63, 3.8) is 0 Å². The van der Waals surface area contributed by atoms with E-state index < -0.39 is 51.8 Å². The van der Waals surface area contributed by atoms with Crippen LogP contribution >= 0.6 is 0 Å². The van der Waals surface area contributed by atoms with Crippen molar-refractivity contribution in [1.82, 2.24) is 9.97 Å². The van der Waals surface area contributed by atoms with Crippen molar-refractivity contribution < 1.29 is 36.0 Å². The van der Waals surface area contributed by atoms with E-state index in [9.17, 15) is 36.5 Å². The van der Waals surface area contributed by atoms with Crippen molar-refractivity contribution in [2.75, 3.05) is 10.6 Å². The summed E-state index contributed by atoms with van der Waals surface area (Å²) in [5.74, 6) is -1.45. The van der Waals surface area contributed by atoms with Gasteiger partial charge in [0.1, 0.15) is 12.1 Å². The van der Waals surface area contributed by atoms with E-state index in [0.717, 1.165) is 48.8 Å². The van der Waals surface area contributed by atoms with Gasteiger partial charge in [0.25, 0.3) is 0 Å². The van der Waals surface area contributed by atoms with E-state index in [1.165, 1.54) is 6.07 Å². The van der Waals surface area contributed by atoms with Crippen LogP contribution < -0.4 is 15.4 Å². The number of aromatic nitrogens is 2. The molecule has 0 fully saturated rings. The number of ether oxygens (including phenoxy) is 1. The molecular formula is C18H11F6N5O3. The average Bonchev–Trinajstić information content (AvgIpc) is 2.68. The van der Waals surface area contributed by atoms with Crippen LogP contribution in [0.2, 0.25) is 0 Å². The van der Waals surface area contributed by atoms with E-state index in [2.05, 4.69) is 25.3 Å². The van der Waals surface area contributed by atoms with E-state index in [1.54, 1.807) is 0 Å². The van der Waals surface area contributed by atoms with Gasteiger partial charge in [-0.25, -0.2) is 9.97 Å². The lowest BCUT2D eigenvalue weighted by Gasteiger charge is -2.15. The number of nitrogens with zero attached hydrogens (tertiary/aromatic N) is 3. The molecule has 0 spiro atoms. The number of benzene rings is 2. The third kappa shape index (κ3) is 5.53. The summed E-state index contributed by atoms with van der Waals surface area (Å²) in [5.41, 5.74) is -2.22. The number of nitro groups is 1. The Morgan fingerprint density at radius 3 is 2.03 bits per heavy atom. The highest BCUT2D eigenvalue weighted by atomic mass is 19.4. The minimum atomic E-state index is -4.90. The van der Waals surface area contributed by atoms with Crippen LogP contribution in [0.25, 0.3) is 0 Å². The van der Waals surface area contributed by atoms with Gasteiger partial charge in [0.2, 0.25) is 11.6 Å². The van der Waals surface area contributed by atoms with Crippen LogP contribution in [-0.2, 0) is 6.18 Å². The van der Waals surface area contributed by atoms with Gasteiger partial charge in [-0.2, -0.15) is 13.2 Å². The maximum absolute atomic E-state index is 13.2. The minimum absolute atomic E-state index is 0.1000. The second-order valence-electron chi connectivity index (χ2n) is 6.04. The molecule has 8 nitrogen and oxygen atoms in total. The summed E-state index contributed by atoms with van der Waals surface area (Å²) in [6, 6.07) is 8.51. The van der Waals surface area contributed by atoms with Crippen molar-refractivity contribution in [3.8, 4) is 5.75 Å². The molecule has 0 aliphatic rings. The number of rotatable bonds is 6. The van der Waals surface area contributed by atoms with Gasteiger partial charge in [-0.15, -0.1) is 13.2 Å². The summed E-state index contributed by atoms with van der Waals surface area (Å²) in [5, 5.41) is 16.4. The molecular weight excluding hydrogens is 448 g/mol. The third-order valence-electron chi connectivity index (χ3n) is 3.84. The van der Waals surface area contributed by atoms with Crippen LogP contribution in [0, 0.1) is 10.1 Å². The molecule has 0 aliphatic heterocycles. The van der Waals surface area contributed by atoms with Crippen LogP contribution in [0.3, 0.4) is 0 Å². The van der Waals surface area contributed by atoms with E-state index in [4.69, 9.17) is 0 Å². The SMILES string of the molecule is O=[N+]([O-])c1c(Nc2ccc(OC(F)(F)F)cc2)ncnc1Nc1ccccc1C(F)(F)F. The van der Waals surface area contributed by atoms with Crippen LogP contribution in [0.5, 0.6) is 5.75 Å². The summed E-state index contributed by atoms with van der Waals surface area (Å²) in [6.45, 7) is 0. The van der Waals surface area contributed by atoms with Crippen molar-refractivity contribution >= 4 is 28.7 Å². The van der Waals surface area contributed by atoms with Gasteiger partial charge in [0, 0.05) is 5.69 Å². The molecule has 3 aromatic rings. The lowest BCUT2D eigenvalue weighted by molar-refractivity contribution is -0.383. The van der Waals surface area contributed by atoms with Gasteiger partial charge in [0.05, 0.1) is 16.2 Å². The molecule has 1 heterocycles. The monoisotopic (exact) mass is 459 g/mol. The normalized spacial score (nSPS) is 11.7. The Balaban J connectivity index is 1.92. The third-order valence-corrected chi connectivity index (χ3v) is 3.84. The Morgan fingerprint density at radius 1 is 0.875 bits per heavy atom. The molecule has 0 saturated heterocycles. The van der Waals surface area contributed by atoms with Gasteiger partial charge in [-0.05, 0) is 36.4 Å². The predicted octanol–water partition coefficient (Wildman–Crippen LogP) is 5.79. The van der Waals surface area contributed by atoms with E-state index >= 15 is 0 Å². The molecule has 3 rings (SSSR count). The fourth-order valence-corrected chi connectivity index (χ4v) is 2.58. The van der Waals surface area contributed by atoms with E-state index in [-0.39, 0.29) is 5.69 Å². The second-order valence-corrected chi connectivity index (χ2v) is 6.04. The lowest BCUT2D eigenvalue weighted by atomic mass is 10.1. The summed E-state index contributed by atoms with van der Waals surface area (Å²) in [7, 11) is 0. The smallest absolute Gasteiger partial charge is 0.406 e. The van der Waals surface area contributed by atoms with Gasteiger partial charge in [-0.3, -0.25) is 10.1 Å². The van der Waals surface area contributed by atoms with Crippen LogP contribution in [-0.4, -0.2) is 21.3 Å². The number of hydrogen-bond acceptors (Lipinski definition) is 7. The fourth-order valence-electron chi connectivity index (χ4n) is 2.58. The molecule has 0 unspecified atom stereocenters. The molecule has 0 amide bonds. The molecule has 168 valence electrons. The number of halogens is 6. The molecule has 14 heteroatoms. The number of hydrogen-bond donors (Lipinski definition) is 2. The number of anilines is 4. The number of alkyl halides is 6.